The van der Waals surface area contributed by atoms with Crippen LogP contribution in [0.4, 0.5) is 0 Å². The Morgan fingerprint density at radius 2 is 1.71 bits per heavy atom. The predicted molar refractivity (Wildman–Crippen MR) is 126 cm³/mol. The SMILES string of the molecule is O=C(O)CCCN1C(=O)C(=Cc2occ(-c3ccccc3)c2-c2ccccc2)SC1=S. The molecule has 1 N–H and O–H groups in total. The van der Waals surface area contributed by atoms with E-state index in [9.17, 15) is 9.59 Å². The van der Waals surface area contributed by atoms with E-state index >= 15 is 0 Å². The summed E-state index contributed by atoms with van der Waals surface area (Å²) in [5.41, 5.74) is 3.85. The Hall–Kier alpha value is -3.16. The van der Waals surface area contributed by atoms with E-state index in [1.807, 2.05) is 60.7 Å². The number of carboxylic acid groups (broad SMARTS) is 1. The second kappa shape index (κ2) is 9.32. The first kappa shape index (κ1) is 21.1. The van der Waals surface area contributed by atoms with E-state index in [1.165, 1.54) is 16.7 Å². The van der Waals surface area contributed by atoms with Crippen LogP contribution in [-0.4, -0.2) is 32.7 Å². The number of rotatable bonds is 7. The molecular formula is C24H19NO4S2. The fourth-order valence-corrected chi connectivity index (χ4v) is 4.69. The number of nitrogens with zero attached hydrogens (tertiary/aromatic N) is 1. The third kappa shape index (κ3) is 4.62. The van der Waals surface area contributed by atoms with Crippen LogP contribution in [0.5, 0.6) is 0 Å². The van der Waals surface area contributed by atoms with Crippen molar-refractivity contribution in [2.75, 3.05) is 6.54 Å². The molecule has 7 heteroatoms. The zero-order valence-electron chi connectivity index (χ0n) is 16.5. The molecule has 0 saturated carbocycles. The van der Waals surface area contributed by atoms with Crippen molar-refractivity contribution in [2.45, 2.75) is 12.8 Å². The van der Waals surface area contributed by atoms with Crippen molar-refractivity contribution >= 4 is 46.3 Å². The number of aliphatic carboxylic acids is 1. The molecule has 2 aromatic carbocycles. The molecule has 3 aromatic rings. The summed E-state index contributed by atoms with van der Waals surface area (Å²) in [4.78, 5) is 25.6. The Balaban J connectivity index is 1.70. The molecule has 2 heterocycles. The molecule has 0 aliphatic carbocycles. The first-order valence-corrected chi connectivity index (χ1v) is 11.0. The van der Waals surface area contributed by atoms with Gasteiger partial charge in [0.25, 0.3) is 5.91 Å². The second-order valence-corrected chi connectivity index (χ2v) is 8.63. The molecule has 4 rings (SSSR count). The zero-order valence-corrected chi connectivity index (χ0v) is 18.1. The van der Waals surface area contributed by atoms with Crippen molar-refractivity contribution < 1.29 is 19.1 Å². The average molecular weight is 450 g/mol. The monoisotopic (exact) mass is 449 g/mol. The van der Waals surface area contributed by atoms with Gasteiger partial charge in [-0.05, 0) is 17.5 Å². The predicted octanol–water partition coefficient (Wildman–Crippen LogP) is 5.68. The molecule has 1 saturated heterocycles. The summed E-state index contributed by atoms with van der Waals surface area (Å²) in [6.45, 7) is 0.285. The van der Waals surface area contributed by atoms with Gasteiger partial charge in [-0.15, -0.1) is 0 Å². The molecule has 0 unspecified atom stereocenters. The van der Waals surface area contributed by atoms with Gasteiger partial charge in [0, 0.05) is 30.2 Å². The number of hydrogen-bond acceptors (Lipinski definition) is 5. The molecule has 31 heavy (non-hydrogen) atoms. The van der Waals surface area contributed by atoms with Gasteiger partial charge in [0.2, 0.25) is 0 Å². The quantitative estimate of drug-likeness (QED) is 0.370. The molecule has 0 radical (unpaired) electrons. The molecule has 0 spiro atoms. The van der Waals surface area contributed by atoms with Crippen LogP contribution >= 0.6 is 24.0 Å². The maximum atomic E-state index is 12.9. The van der Waals surface area contributed by atoms with E-state index in [4.69, 9.17) is 21.7 Å². The van der Waals surface area contributed by atoms with Crippen LogP contribution in [0.15, 0.2) is 76.2 Å². The topological polar surface area (TPSA) is 70.8 Å². The van der Waals surface area contributed by atoms with E-state index in [1.54, 1.807) is 12.3 Å². The minimum atomic E-state index is -0.891. The van der Waals surface area contributed by atoms with Crippen LogP contribution in [0.25, 0.3) is 28.3 Å². The molecule has 1 fully saturated rings. The Morgan fingerprint density at radius 1 is 1.06 bits per heavy atom. The molecule has 1 aliphatic rings. The number of carbonyl (C=O) groups excluding carboxylic acids is 1. The molecule has 156 valence electrons. The Bertz CT molecular complexity index is 1150. The summed E-state index contributed by atoms with van der Waals surface area (Å²) in [6, 6.07) is 19.8. The van der Waals surface area contributed by atoms with Crippen molar-refractivity contribution in [2.24, 2.45) is 0 Å². The van der Waals surface area contributed by atoms with Crippen LogP contribution in [0.2, 0.25) is 0 Å². The molecule has 0 bridgehead atoms. The normalized spacial score (nSPS) is 15.1. The maximum absolute atomic E-state index is 12.9. The summed E-state index contributed by atoms with van der Waals surface area (Å²) < 4.78 is 6.34. The van der Waals surface area contributed by atoms with E-state index in [-0.39, 0.29) is 18.9 Å². The zero-order chi connectivity index (χ0) is 21.8. The van der Waals surface area contributed by atoms with Crippen LogP contribution in [0.1, 0.15) is 18.6 Å². The van der Waals surface area contributed by atoms with Gasteiger partial charge in [0.05, 0.1) is 11.2 Å². The number of carboxylic acids is 1. The van der Waals surface area contributed by atoms with Gasteiger partial charge in [-0.25, -0.2) is 0 Å². The number of benzene rings is 2. The van der Waals surface area contributed by atoms with Crippen LogP contribution < -0.4 is 0 Å². The molecular weight excluding hydrogens is 430 g/mol. The molecule has 1 aliphatic heterocycles. The van der Waals surface area contributed by atoms with Crippen molar-refractivity contribution in [3.8, 4) is 22.3 Å². The number of furan rings is 1. The lowest BCUT2D eigenvalue weighted by Gasteiger charge is -2.13. The number of thiocarbonyl (C=S) groups is 1. The van der Waals surface area contributed by atoms with Gasteiger partial charge in [-0.2, -0.15) is 0 Å². The van der Waals surface area contributed by atoms with Crippen molar-refractivity contribution in [3.63, 3.8) is 0 Å². The summed E-state index contributed by atoms with van der Waals surface area (Å²) >= 11 is 6.55. The first-order chi connectivity index (χ1) is 15.0. The number of carbonyl (C=O) groups is 2. The summed E-state index contributed by atoms with van der Waals surface area (Å²) in [7, 11) is 0. The van der Waals surface area contributed by atoms with E-state index in [0.717, 1.165) is 22.3 Å². The van der Waals surface area contributed by atoms with Crippen molar-refractivity contribution in [1.82, 2.24) is 4.90 Å². The largest absolute Gasteiger partial charge is 0.481 e. The van der Waals surface area contributed by atoms with Gasteiger partial charge in [-0.1, -0.05) is 84.6 Å². The highest BCUT2D eigenvalue weighted by atomic mass is 32.2. The van der Waals surface area contributed by atoms with E-state index in [0.29, 0.717) is 21.4 Å². The third-order valence-corrected chi connectivity index (χ3v) is 6.25. The molecule has 0 atom stereocenters. The van der Waals surface area contributed by atoms with Gasteiger partial charge in [0.15, 0.2) is 0 Å². The molecule has 1 amide bonds. The highest BCUT2D eigenvalue weighted by Gasteiger charge is 2.32. The van der Waals surface area contributed by atoms with E-state index < -0.39 is 5.97 Å². The second-order valence-electron chi connectivity index (χ2n) is 6.95. The van der Waals surface area contributed by atoms with Gasteiger partial charge >= 0.3 is 5.97 Å². The number of thioether (sulfide) groups is 1. The number of hydrogen-bond donors (Lipinski definition) is 1. The number of amides is 1. The lowest BCUT2D eigenvalue weighted by atomic mass is 9.96. The molecule has 5 nitrogen and oxygen atoms in total. The van der Waals surface area contributed by atoms with Crippen LogP contribution in [0.3, 0.4) is 0 Å². The standard InChI is InChI=1S/C24H19NO4S2/c26-21(27)12-7-13-25-23(28)20(31-24(25)30)14-19-22(17-10-5-2-6-11-17)18(15-29-19)16-8-3-1-4-9-16/h1-6,8-11,14-15H,7,12-13H2,(H,26,27). The highest BCUT2D eigenvalue weighted by Crippen LogP contribution is 2.40. The third-order valence-electron chi connectivity index (χ3n) is 4.87. The van der Waals surface area contributed by atoms with Gasteiger partial charge in [0.1, 0.15) is 10.1 Å². The van der Waals surface area contributed by atoms with Crippen molar-refractivity contribution in [1.29, 1.82) is 0 Å². The smallest absolute Gasteiger partial charge is 0.303 e. The average Bonchev–Trinajstić information content (AvgIpc) is 3.31. The Morgan fingerprint density at radius 3 is 2.35 bits per heavy atom. The Kier molecular flexibility index (Phi) is 6.34. The molecule has 1 aromatic heterocycles. The maximum Gasteiger partial charge on any atom is 0.303 e. The summed E-state index contributed by atoms with van der Waals surface area (Å²) in [5, 5.41) is 8.84. The summed E-state index contributed by atoms with van der Waals surface area (Å²) in [6.07, 6.45) is 3.78. The highest BCUT2D eigenvalue weighted by molar-refractivity contribution is 8.26. The summed E-state index contributed by atoms with van der Waals surface area (Å²) in [5.74, 6) is -0.536. The van der Waals surface area contributed by atoms with Crippen LogP contribution in [0, 0.1) is 0 Å². The lowest BCUT2D eigenvalue weighted by molar-refractivity contribution is -0.137. The minimum Gasteiger partial charge on any atom is -0.481 e. The first-order valence-electron chi connectivity index (χ1n) is 9.74. The fourth-order valence-electron chi connectivity index (χ4n) is 3.41. The fraction of sp³-hybridized carbons (Fsp3) is 0.125. The van der Waals surface area contributed by atoms with Crippen molar-refractivity contribution in [3.05, 3.63) is 77.6 Å². The minimum absolute atomic E-state index is 0.00706. The lowest BCUT2D eigenvalue weighted by Crippen LogP contribution is -2.29. The Labute approximate surface area is 189 Å². The van der Waals surface area contributed by atoms with Crippen LogP contribution in [-0.2, 0) is 9.59 Å². The van der Waals surface area contributed by atoms with Gasteiger partial charge in [-0.3, -0.25) is 14.5 Å². The van der Waals surface area contributed by atoms with Gasteiger partial charge < -0.3 is 9.52 Å². The van der Waals surface area contributed by atoms with E-state index in [2.05, 4.69) is 0 Å².